The second-order valence-corrected chi connectivity index (χ2v) is 4.51. The van der Waals surface area contributed by atoms with E-state index in [4.69, 9.17) is 0 Å². The Morgan fingerprint density at radius 1 is 1.21 bits per heavy atom. The Morgan fingerprint density at radius 3 is 2.89 bits per heavy atom. The molecule has 0 aliphatic carbocycles. The number of hydrogen-bond donors (Lipinski definition) is 0. The average Bonchev–Trinajstić information content (AvgIpc) is 3.06. The zero-order valence-corrected chi connectivity index (χ0v) is 10.8. The van der Waals surface area contributed by atoms with Crippen LogP contribution in [0.3, 0.4) is 0 Å². The molecule has 4 nitrogen and oxygen atoms in total. The molecule has 0 radical (unpaired) electrons. The Morgan fingerprint density at radius 2 is 2.11 bits per heavy atom. The smallest absolute Gasteiger partial charge is 0.150 e. The van der Waals surface area contributed by atoms with E-state index in [0.29, 0.717) is 12.1 Å². The topological polar surface area (TPSA) is 39.8 Å². The number of fused-ring (bicyclic) bond motifs is 1. The number of aldehydes is 1. The Kier molecular flexibility index (Phi) is 2.91. The summed E-state index contributed by atoms with van der Waals surface area (Å²) in [6, 6.07) is 7.79. The molecular weight excluding hydrogens is 238 g/mol. The van der Waals surface area contributed by atoms with Crippen LogP contribution in [-0.2, 0) is 13.1 Å². The fourth-order valence-electron chi connectivity index (χ4n) is 2.34. The second kappa shape index (κ2) is 4.72. The third-order valence-electron chi connectivity index (χ3n) is 3.39. The third-order valence-corrected chi connectivity index (χ3v) is 3.39. The van der Waals surface area contributed by atoms with Crippen molar-refractivity contribution in [2.75, 3.05) is 0 Å². The lowest BCUT2D eigenvalue weighted by atomic mass is 10.2. The number of carbonyl (C=O) groups excluding carboxylic acids is 1. The highest BCUT2D eigenvalue weighted by Crippen LogP contribution is 2.18. The van der Waals surface area contributed by atoms with Gasteiger partial charge in [-0.3, -0.25) is 4.79 Å². The van der Waals surface area contributed by atoms with E-state index in [9.17, 15) is 4.79 Å². The highest BCUT2D eigenvalue weighted by molar-refractivity contribution is 5.87. The summed E-state index contributed by atoms with van der Waals surface area (Å²) in [5.74, 6) is 1.02. The molecule has 2 heterocycles. The number of imidazole rings is 1. The molecule has 0 N–H and O–H groups in total. The van der Waals surface area contributed by atoms with E-state index in [2.05, 4.69) is 27.1 Å². The molecule has 3 aromatic rings. The summed E-state index contributed by atoms with van der Waals surface area (Å²) < 4.78 is 4.24. The van der Waals surface area contributed by atoms with Crippen molar-refractivity contribution in [3.63, 3.8) is 0 Å². The molecule has 1 aromatic carbocycles. The molecule has 0 atom stereocenters. The molecule has 19 heavy (non-hydrogen) atoms. The summed E-state index contributed by atoms with van der Waals surface area (Å²) in [5, 5.41) is 1.14. The lowest BCUT2D eigenvalue weighted by Crippen LogP contribution is -2.06. The molecule has 2 aromatic heterocycles. The van der Waals surface area contributed by atoms with Gasteiger partial charge in [0.2, 0.25) is 0 Å². The first-order valence-electron chi connectivity index (χ1n) is 6.36. The van der Waals surface area contributed by atoms with E-state index in [0.717, 1.165) is 29.6 Å². The van der Waals surface area contributed by atoms with Gasteiger partial charge in [0, 0.05) is 36.2 Å². The molecule has 0 amide bonds. The molecule has 3 rings (SSSR count). The van der Waals surface area contributed by atoms with E-state index >= 15 is 0 Å². The van der Waals surface area contributed by atoms with Gasteiger partial charge in [-0.1, -0.05) is 12.1 Å². The van der Waals surface area contributed by atoms with Crippen LogP contribution >= 0.6 is 0 Å². The van der Waals surface area contributed by atoms with Crippen LogP contribution in [0, 0.1) is 0 Å². The van der Waals surface area contributed by atoms with Gasteiger partial charge in [0.1, 0.15) is 12.1 Å². The van der Waals surface area contributed by atoms with Crippen molar-refractivity contribution in [2.45, 2.75) is 20.0 Å². The predicted octanol–water partition coefficient (Wildman–Crippen LogP) is 2.72. The zero-order chi connectivity index (χ0) is 13.2. The lowest BCUT2D eigenvalue weighted by Gasteiger charge is -2.07. The normalized spacial score (nSPS) is 11.0. The van der Waals surface area contributed by atoms with Crippen molar-refractivity contribution < 1.29 is 4.79 Å². The fraction of sp³-hybridized carbons (Fsp3) is 0.200. The number of benzene rings is 1. The van der Waals surface area contributed by atoms with Gasteiger partial charge in [-0.25, -0.2) is 4.98 Å². The van der Waals surface area contributed by atoms with Crippen molar-refractivity contribution >= 4 is 17.2 Å². The van der Waals surface area contributed by atoms with Gasteiger partial charge >= 0.3 is 0 Å². The highest BCUT2D eigenvalue weighted by Gasteiger charge is 2.06. The highest BCUT2D eigenvalue weighted by atomic mass is 16.1. The van der Waals surface area contributed by atoms with Crippen LogP contribution in [0.25, 0.3) is 10.9 Å². The van der Waals surface area contributed by atoms with Gasteiger partial charge in [0.25, 0.3) is 0 Å². The van der Waals surface area contributed by atoms with Crippen molar-refractivity contribution in [3.8, 4) is 0 Å². The Balaban J connectivity index is 2.03. The first-order chi connectivity index (χ1) is 9.31. The van der Waals surface area contributed by atoms with Crippen molar-refractivity contribution in [3.05, 3.63) is 54.2 Å². The van der Waals surface area contributed by atoms with Crippen LogP contribution in [0.2, 0.25) is 0 Å². The minimum atomic E-state index is 0.700. The van der Waals surface area contributed by atoms with Crippen LogP contribution in [-0.4, -0.2) is 20.4 Å². The molecule has 0 aliphatic rings. The summed E-state index contributed by atoms with van der Waals surface area (Å²) in [5.41, 5.74) is 1.77. The number of aromatic nitrogens is 3. The Hall–Kier alpha value is -2.36. The summed E-state index contributed by atoms with van der Waals surface area (Å²) in [6.07, 6.45) is 6.72. The van der Waals surface area contributed by atoms with E-state index in [1.54, 1.807) is 0 Å². The third kappa shape index (κ3) is 2.05. The van der Waals surface area contributed by atoms with Crippen molar-refractivity contribution in [1.29, 1.82) is 0 Å². The first kappa shape index (κ1) is 11.7. The Bertz CT molecular complexity index is 724. The van der Waals surface area contributed by atoms with Crippen LogP contribution in [0.1, 0.15) is 23.1 Å². The van der Waals surface area contributed by atoms with Crippen LogP contribution in [0.4, 0.5) is 0 Å². The maximum absolute atomic E-state index is 10.9. The fourth-order valence-corrected chi connectivity index (χ4v) is 2.34. The number of hydrogen-bond acceptors (Lipinski definition) is 2. The summed E-state index contributed by atoms with van der Waals surface area (Å²) in [7, 11) is 0. The average molecular weight is 253 g/mol. The Labute approximate surface area is 111 Å². The monoisotopic (exact) mass is 253 g/mol. The largest absolute Gasteiger partial charge is 0.340 e. The first-order valence-corrected chi connectivity index (χ1v) is 6.36. The molecule has 4 heteroatoms. The van der Waals surface area contributed by atoms with E-state index in [1.165, 1.54) is 0 Å². The maximum atomic E-state index is 10.9. The molecule has 96 valence electrons. The van der Waals surface area contributed by atoms with E-state index in [1.807, 2.05) is 36.8 Å². The van der Waals surface area contributed by atoms with Crippen molar-refractivity contribution in [1.82, 2.24) is 14.1 Å². The van der Waals surface area contributed by atoms with Crippen LogP contribution in [0.5, 0.6) is 0 Å². The standard InChI is InChI=1S/C15H15N3O/c1-2-17-8-6-16-15(17)10-18-7-5-13-4-3-12(11-19)9-14(13)18/h3-9,11H,2,10H2,1H3. The molecule has 0 spiro atoms. The molecule has 0 saturated carbocycles. The number of carbonyl (C=O) groups is 1. The molecule has 0 aliphatic heterocycles. The van der Waals surface area contributed by atoms with Gasteiger partial charge in [-0.2, -0.15) is 0 Å². The minimum absolute atomic E-state index is 0.700. The summed E-state index contributed by atoms with van der Waals surface area (Å²) >= 11 is 0. The van der Waals surface area contributed by atoms with Crippen LogP contribution in [0.15, 0.2) is 42.9 Å². The lowest BCUT2D eigenvalue weighted by molar-refractivity contribution is 0.112. The second-order valence-electron chi connectivity index (χ2n) is 4.51. The number of nitrogens with zero attached hydrogens (tertiary/aromatic N) is 3. The van der Waals surface area contributed by atoms with Gasteiger partial charge in [0.05, 0.1) is 6.54 Å². The minimum Gasteiger partial charge on any atom is -0.340 e. The van der Waals surface area contributed by atoms with E-state index in [-0.39, 0.29) is 0 Å². The summed E-state index contributed by atoms with van der Waals surface area (Å²) in [6.45, 7) is 3.73. The number of aryl methyl sites for hydroxylation is 1. The molecule has 0 unspecified atom stereocenters. The van der Waals surface area contributed by atoms with Gasteiger partial charge in [-0.05, 0) is 24.4 Å². The molecule has 0 saturated heterocycles. The maximum Gasteiger partial charge on any atom is 0.150 e. The van der Waals surface area contributed by atoms with Gasteiger partial charge in [0.15, 0.2) is 0 Å². The van der Waals surface area contributed by atoms with Crippen molar-refractivity contribution in [2.24, 2.45) is 0 Å². The molecule has 0 bridgehead atoms. The zero-order valence-electron chi connectivity index (χ0n) is 10.8. The molecular formula is C15H15N3O. The summed E-state index contributed by atoms with van der Waals surface area (Å²) in [4.78, 5) is 15.3. The number of rotatable bonds is 4. The predicted molar refractivity (Wildman–Crippen MR) is 74.3 cm³/mol. The van der Waals surface area contributed by atoms with Crippen LogP contribution < -0.4 is 0 Å². The quantitative estimate of drug-likeness (QED) is 0.671. The molecule has 0 fully saturated rings. The SMILES string of the molecule is CCn1ccnc1Cn1ccc2ccc(C=O)cc21. The van der Waals surface area contributed by atoms with Gasteiger partial charge < -0.3 is 9.13 Å². The van der Waals surface area contributed by atoms with Gasteiger partial charge in [-0.15, -0.1) is 0 Å². The van der Waals surface area contributed by atoms with E-state index < -0.39 is 0 Å².